The van der Waals surface area contributed by atoms with Gasteiger partial charge in [0.2, 0.25) is 0 Å². The van der Waals surface area contributed by atoms with E-state index in [0.29, 0.717) is 22.8 Å². The topological polar surface area (TPSA) is 22.1 Å². The average molecular weight is 328 g/mol. The Bertz CT molecular complexity index is 515. The first-order valence-corrected chi connectivity index (χ1v) is 9.49. The number of halogens is 1. The molecule has 2 aliphatic carbocycles. The monoisotopic (exact) mass is 327 g/mol. The van der Waals surface area contributed by atoms with Crippen LogP contribution in [0.3, 0.4) is 0 Å². The second kappa shape index (κ2) is 5.50. The number of alkyl halides is 1. The van der Waals surface area contributed by atoms with Gasteiger partial charge in [0.1, 0.15) is 11.1 Å². The van der Waals surface area contributed by atoms with E-state index in [1.165, 1.54) is 19.3 Å². The summed E-state index contributed by atoms with van der Waals surface area (Å²) in [5.41, 5.74) is 1.69. The van der Waals surface area contributed by atoms with Gasteiger partial charge in [-0.3, -0.25) is 0 Å². The molecule has 0 radical (unpaired) electrons. The highest BCUT2D eigenvalue weighted by atomic mass is 35.5. The first-order valence-electron chi connectivity index (χ1n) is 8.08. The van der Waals surface area contributed by atoms with Gasteiger partial charge in [0, 0.05) is 5.38 Å². The average Bonchev–Trinajstić information content (AvgIpc) is 3.07. The van der Waals surface area contributed by atoms with Crippen molar-refractivity contribution in [2.75, 3.05) is 0 Å². The molecule has 0 aromatic carbocycles. The summed E-state index contributed by atoms with van der Waals surface area (Å²) in [6.45, 7) is 9.49. The number of rotatable bonds is 5. The number of hydrogen-bond donors (Lipinski definition) is 0. The highest BCUT2D eigenvalue weighted by Gasteiger charge is 2.62. The quantitative estimate of drug-likeness (QED) is 0.660. The minimum Gasteiger partial charge on any atom is -0.367 e. The Morgan fingerprint density at radius 1 is 1.48 bits per heavy atom. The lowest BCUT2D eigenvalue weighted by Gasteiger charge is -2.40. The lowest BCUT2D eigenvalue weighted by atomic mass is 9.70. The summed E-state index contributed by atoms with van der Waals surface area (Å²) in [5.74, 6) is 1.31. The summed E-state index contributed by atoms with van der Waals surface area (Å²) >= 11 is 7.56. The Kier molecular flexibility index (Phi) is 4.13. The van der Waals surface area contributed by atoms with Gasteiger partial charge in [-0.1, -0.05) is 27.7 Å². The van der Waals surface area contributed by atoms with E-state index in [1.54, 1.807) is 11.3 Å². The molecule has 21 heavy (non-hydrogen) atoms. The van der Waals surface area contributed by atoms with Crippen LogP contribution in [0.1, 0.15) is 70.2 Å². The molecule has 118 valence electrons. The normalized spacial score (nSPS) is 35.3. The first kappa shape index (κ1) is 15.8. The third kappa shape index (κ3) is 2.36. The van der Waals surface area contributed by atoms with E-state index in [-0.39, 0.29) is 6.10 Å². The lowest BCUT2D eigenvalue weighted by molar-refractivity contribution is -0.0893. The zero-order valence-electron chi connectivity index (χ0n) is 13.5. The van der Waals surface area contributed by atoms with Gasteiger partial charge in [0.05, 0.1) is 17.7 Å². The number of hydrogen-bond acceptors (Lipinski definition) is 3. The van der Waals surface area contributed by atoms with Crippen molar-refractivity contribution in [3.8, 4) is 0 Å². The fourth-order valence-electron chi connectivity index (χ4n) is 4.40. The number of fused-ring (bicyclic) bond motifs is 2. The summed E-state index contributed by atoms with van der Waals surface area (Å²) < 4.78 is 6.58. The molecule has 4 unspecified atom stereocenters. The van der Waals surface area contributed by atoms with Crippen molar-refractivity contribution in [3.63, 3.8) is 0 Å². The highest BCUT2D eigenvalue weighted by Crippen LogP contribution is 2.66. The maximum absolute atomic E-state index is 6.58. The fraction of sp³-hybridized carbons (Fsp3) is 0.824. The van der Waals surface area contributed by atoms with Crippen molar-refractivity contribution in [2.45, 2.75) is 71.5 Å². The molecule has 1 aromatic rings. The van der Waals surface area contributed by atoms with Crippen molar-refractivity contribution >= 4 is 22.9 Å². The largest absolute Gasteiger partial charge is 0.367 e. The fourth-order valence-corrected chi connectivity index (χ4v) is 5.56. The maximum Gasteiger partial charge on any atom is 0.122 e. The van der Waals surface area contributed by atoms with Crippen molar-refractivity contribution in [1.82, 2.24) is 4.98 Å². The molecule has 0 N–H and O–H groups in total. The van der Waals surface area contributed by atoms with Gasteiger partial charge in [-0.05, 0) is 42.4 Å². The van der Waals surface area contributed by atoms with E-state index < -0.39 is 0 Å². The Labute approximate surface area is 137 Å². The SMILES string of the molecule is CCC(OC1CC2CCC1(C)C2(C)C)c1nc(CCl)cs1. The van der Waals surface area contributed by atoms with Crippen LogP contribution in [0.4, 0.5) is 0 Å². The van der Waals surface area contributed by atoms with Gasteiger partial charge in [0.25, 0.3) is 0 Å². The zero-order chi connectivity index (χ0) is 15.3. The minimum atomic E-state index is 0.129. The predicted molar refractivity (Wildman–Crippen MR) is 88.8 cm³/mol. The molecule has 1 aromatic heterocycles. The van der Waals surface area contributed by atoms with Crippen molar-refractivity contribution in [2.24, 2.45) is 16.7 Å². The maximum atomic E-state index is 6.58. The molecule has 2 saturated carbocycles. The molecule has 0 aliphatic heterocycles. The van der Waals surface area contributed by atoms with Gasteiger partial charge in [-0.15, -0.1) is 22.9 Å². The van der Waals surface area contributed by atoms with Crippen LogP contribution in [0.15, 0.2) is 5.38 Å². The number of aromatic nitrogens is 1. The molecule has 4 atom stereocenters. The second-order valence-electron chi connectivity index (χ2n) is 7.44. The number of ether oxygens (including phenoxy) is 1. The molecule has 0 amide bonds. The Hall–Kier alpha value is -0.120. The van der Waals surface area contributed by atoms with E-state index in [0.717, 1.165) is 23.0 Å². The summed E-state index contributed by atoms with van der Waals surface area (Å²) in [6, 6.07) is 0. The van der Waals surface area contributed by atoms with Gasteiger partial charge in [-0.25, -0.2) is 4.98 Å². The molecular weight excluding hydrogens is 302 g/mol. The summed E-state index contributed by atoms with van der Waals surface area (Å²) in [7, 11) is 0. The molecule has 2 fully saturated rings. The molecule has 2 aliphatic rings. The lowest BCUT2D eigenvalue weighted by Crippen LogP contribution is -2.37. The van der Waals surface area contributed by atoms with E-state index in [9.17, 15) is 0 Å². The van der Waals surface area contributed by atoms with E-state index in [2.05, 4.69) is 38.1 Å². The van der Waals surface area contributed by atoms with Crippen molar-refractivity contribution < 1.29 is 4.74 Å². The van der Waals surface area contributed by atoms with Crippen LogP contribution < -0.4 is 0 Å². The van der Waals surface area contributed by atoms with Crippen LogP contribution in [-0.2, 0) is 10.6 Å². The van der Waals surface area contributed by atoms with E-state index in [4.69, 9.17) is 16.3 Å². The van der Waals surface area contributed by atoms with Crippen LogP contribution in [0.2, 0.25) is 0 Å². The molecule has 1 heterocycles. The van der Waals surface area contributed by atoms with E-state index in [1.807, 2.05) is 0 Å². The van der Waals surface area contributed by atoms with Crippen LogP contribution in [-0.4, -0.2) is 11.1 Å². The van der Waals surface area contributed by atoms with Crippen molar-refractivity contribution in [1.29, 1.82) is 0 Å². The predicted octanol–water partition coefficient (Wildman–Crippen LogP) is 5.56. The Morgan fingerprint density at radius 2 is 2.24 bits per heavy atom. The van der Waals surface area contributed by atoms with Crippen molar-refractivity contribution in [3.05, 3.63) is 16.1 Å². The molecule has 2 nitrogen and oxygen atoms in total. The van der Waals surface area contributed by atoms with Gasteiger partial charge in [0.15, 0.2) is 0 Å². The van der Waals surface area contributed by atoms with E-state index >= 15 is 0 Å². The van der Waals surface area contributed by atoms with Crippen LogP contribution >= 0.6 is 22.9 Å². The van der Waals surface area contributed by atoms with Gasteiger partial charge >= 0.3 is 0 Å². The smallest absolute Gasteiger partial charge is 0.122 e. The standard InChI is InChI=1S/C17H26ClNOS/c1-5-13(15-19-12(9-18)10-21-15)20-14-8-11-6-7-17(14,4)16(11,2)3/h10-11,13-14H,5-9H2,1-4H3. The highest BCUT2D eigenvalue weighted by molar-refractivity contribution is 7.09. The Morgan fingerprint density at radius 3 is 2.71 bits per heavy atom. The van der Waals surface area contributed by atoms with Crippen LogP contribution in [0, 0.1) is 16.7 Å². The third-order valence-corrected chi connectivity index (χ3v) is 7.65. The molecule has 0 saturated heterocycles. The zero-order valence-corrected chi connectivity index (χ0v) is 15.1. The van der Waals surface area contributed by atoms with Crippen LogP contribution in [0.5, 0.6) is 0 Å². The molecule has 4 heteroatoms. The third-order valence-electron chi connectivity index (χ3n) is 6.40. The minimum absolute atomic E-state index is 0.129. The molecule has 2 bridgehead atoms. The number of thiazole rings is 1. The second-order valence-corrected chi connectivity index (χ2v) is 8.60. The molecule has 0 spiro atoms. The summed E-state index contributed by atoms with van der Waals surface area (Å²) in [6.07, 6.45) is 5.37. The summed E-state index contributed by atoms with van der Waals surface area (Å²) in [5, 5.41) is 3.15. The Balaban J connectivity index is 1.76. The van der Waals surface area contributed by atoms with Crippen LogP contribution in [0.25, 0.3) is 0 Å². The first-order chi connectivity index (χ1) is 9.92. The molecule has 3 rings (SSSR count). The molecular formula is C17H26ClNOS. The van der Waals surface area contributed by atoms with Gasteiger partial charge in [-0.2, -0.15) is 0 Å². The summed E-state index contributed by atoms with van der Waals surface area (Å²) in [4.78, 5) is 4.62. The number of nitrogens with zero attached hydrogens (tertiary/aromatic N) is 1. The van der Waals surface area contributed by atoms with Gasteiger partial charge < -0.3 is 4.74 Å².